The monoisotopic (exact) mass is 401 g/mol. The van der Waals surface area contributed by atoms with Crippen LogP contribution in [0.4, 0.5) is 8.78 Å². The number of carbonyl (C=O) groups is 2. The van der Waals surface area contributed by atoms with Crippen LogP contribution in [0.2, 0.25) is 0 Å². The molecule has 3 rings (SSSR count). The van der Waals surface area contributed by atoms with Gasteiger partial charge < -0.3 is 15.4 Å². The number of methoxy groups -OCH3 is 1. The minimum absolute atomic E-state index is 0.120. The van der Waals surface area contributed by atoms with E-state index in [4.69, 9.17) is 4.74 Å². The molecule has 29 heavy (non-hydrogen) atoms. The van der Waals surface area contributed by atoms with Crippen molar-refractivity contribution in [2.75, 3.05) is 13.7 Å². The fourth-order valence-corrected chi connectivity index (χ4v) is 3.12. The van der Waals surface area contributed by atoms with Crippen molar-refractivity contribution in [3.63, 3.8) is 0 Å². The number of ether oxygens (including phenoxy) is 1. The molecule has 2 N–H and O–H groups in total. The maximum atomic E-state index is 13.4. The van der Waals surface area contributed by atoms with Gasteiger partial charge in [-0.05, 0) is 30.2 Å². The van der Waals surface area contributed by atoms with Crippen molar-refractivity contribution in [2.24, 2.45) is 4.99 Å². The van der Waals surface area contributed by atoms with Gasteiger partial charge in [0, 0.05) is 12.5 Å². The molecule has 0 radical (unpaired) electrons. The third-order valence-electron chi connectivity index (χ3n) is 4.65. The van der Waals surface area contributed by atoms with E-state index in [0.717, 1.165) is 6.07 Å². The number of hydrogen-bond acceptors (Lipinski definition) is 5. The van der Waals surface area contributed by atoms with E-state index in [1.807, 2.05) is 0 Å². The molecule has 0 bridgehead atoms. The highest BCUT2D eigenvalue weighted by Gasteiger charge is 2.40. The molecular formula is C21H21F2N3O3. The maximum absolute atomic E-state index is 13.4. The lowest BCUT2D eigenvalue weighted by molar-refractivity contribution is -0.146. The number of esters is 1. The first-order valence-electron chi connectivity index (χ1n) is 9.01. The summed E-state index contributed by atoms with van der Waals surface area (Å²) in [6.45, 7) is 1.76. The van der Waals surface area contributed by atoms with Crippen LogP contribution in [0.5, 0.6) is 0 Å². The lowest BCUT2D eigenvalue weighted by atomic mass is 10.00. The van der Waals surface area contributed by atoms with Gasteiger partial charge in [0.05, 0.1) is 13.7 Å². The van der Waals surface area contributed by atoms with Crippen LogP contribution in [-0.2, 0) is 20.7 Å². The molecule has 0 aromatic heterocycles. The molecule has 1 heterocycles. The number of rotatable bonds is 6. The second-order valence-corrected chi connectivity index (χ2v) is 7.01. The average Bonchev–Trinajstić information content (AvgIpc) is 3.07. The Kier molecular flexibility index (Phi) is 5.91. The fourth-order valence-electron chi connectivity index (χ4n) is 3.12. The Hall–Kier alpha value is -3.29. The van der Waals surface area contributed by atoms with E-state index in [-0.39, 0.29) is 13.0 Å². The van der Waals surface area contributed by atoms with Crippen molar-refractivity contribution < 1.29 is 23.1 Å². The van der Waals surface area contributed by atoms with Crippen LogP contribution < -0.4 is 10.6 Å². The first kappa shape index (κ1) is 20.4. The van der Waals surface area contributed by atoms with E-state index in [2.05, 4.69) is 15.6 Å². The van der Waals surface area contributed by atoms with Crippen LogP contribution in [-0.4, -0.2) is 36.9 Å². The van der Waals surface area contributed by atoms with Crippen LogP contribution in [0.15, 0.2) is 53.5 Å². The average molecular weight is 401 g/mol. The standard InChI is InChI=1S/C21H21F2N3O3/c1-21(12-24-17(26-21)10-13-8-15(22)11-16(23)9-13)20(28)25-18(19(27)29-2)14-6-4-3-5-7-14/h3-9,11,18H,10,12H2,1-2H3,(H,24,26)(H,25,28)/t18?,21-/m0/s1. The van der Waals surface area contributed by atoms with Crippen molar-refractivity contribution >= 4 is 17.7 Å². The smallest absolute Gasteiger partial charge is 0.333 e. The summed E-state index contributed by atoms with van der Waals surface area (Å²) in [5.74, 6) is -1.96. The molecule has 1 amide bonds. The molecule has 0 saturated heterocycles. The van der Waals surface area contributed by atoms with Crippen molar-refractivity contribution in [1.82, 2.24) is 10.6 Å². The zero-order valence-electron chi connectivity index (χ0n) is 16.0. The molecule has 2 aromatic carbocycles. The first-order valence-corrected chi connectivity index (χ1v) is 9.01. The predicted molar refractivity (Wildman–Crippen MR) is 103 cm³/mol. The summed E-state index contributed by atoms with van der Waals surface area (Å²) in [5.41, 5.74) is -0.122. The van der Waals surface area contributed by atoms with Crippen molar-refractivity contribution in [3.05, 3.63) is 71.3 Å². The van der Waals surface area contributed by atoms with E-state index >= 15 is 0 Å². The number of benzene rings is 2. The van der Waals surface area contributed by atoms with Gasteiger partial charge in [-0.1, -0.05) is 30.3 Å². The number of aliphatic imine (C=N–C) groups is 1. The molecule has 0 saturated carbocycles. The normalized spacial score (nSPS) is 19.1. The maximum Gasteiger partial charge on any atom is 0.333 e. The minimum atomic E-state index is -1.11. The van der Waals surface area contributed by atoms with Gasteiger partial charge in [0.15, 0.2) is 6.04 Å². The summed E-state index contributed by atoms with van der Waals surface area (Å²) in [5, 5.41) is 5.71. The van der Waals surface area contributed by atoms with E-state index in [1.165, 1.54) is 19.2 Å². The minimum Gasteiger partial charge on any atom is -0.467 e. The van der Waals surface area contributed by atoms with Gasteiger partial charge in [-0.2, -0.15) is 0 Å². The van der Waals surface area contributed by atoms with Gasteiger partial charge >= 0.3 is 5.97 Å². The summed E-state index contributed by atoms with van der Waals surface area (Å²) < 4.78 is 31.6. The topological polar surface area (TPSA) is 79.8 Å². The van der Waals surface area contributed by atoms with Gasteiger partial charge in [0.2, 0.25) is 5.91 Å². The highest BCUT2D eigenvalue weighted by Crippen LogP contribution is 2.19. The molecule has 1 aliphatic rings. The Bertz CT molecular complexity index is 929. The number of nitrogens with zero attached hydrogens (tertiary/aromatic N) is 1. The molecule has 152 valence electrons. The number of carbonyl (C=O) groups excluding carboxylic acids is 2. The third kappa shape index (κ3) is 4.77. The lowest BCUT2D eigenvalue weighted by Gasteiger charge is -2.26. The zero-order chi connectivity index (χ0) is 21.0. The molecule has 0 aliphatic carbocycles. The van der Waals surface area contributed by atoms with Gasteiger partial charge in [-0.15, -0.1) is 0 Å². The van der Waals surface area contributed by atoms with E-state index in [9.17, 15) is 18.4 Å². The van der Waals surface area contributed by atoms with Gasteiger partial charge in [0.1, 0.15) is 23.0 Å². The third-order valence-corrected chi connectivity index (χ3v) is 4.65. The summed E-state index contributed by atoms with van der Waals surface area (Å²) in [4.78, 5) is 29.4. The number of amidine groups is 1. The van der Waals surface area contributed by atoms with Crippen molar-refractivity contribution in [1.29, 1.82) is 0 Å². The van der Waals surface area contributed by atoms with Gasteiger partial charge in [-0.3, -0.25) is 9.79 Å². The molecule has 1 aliphatic heterocycles. The van der Waals surface area contributed by atoms with Crippen LogP contribution in [0.3, 0.4) is 0 Å². The predicted octanol–water partition coefficient (Wildman–Crippen LogP) is 2.30. The van der Waals surface area contributed by atoms with Gasteiger partial charge in [-0.25, -0.2) is 13.6 Å². The number of hydrogen-bond donors (Lipinski definition) is 2. The quantitative estimate of drug-likeness (QED) is 0.728. The molecular weight excluding hydrogens is 380 g/mol. The van der Waals surface area contributed by atoms with Crippen LogP contribution >= 0.6 is 0 Å². The number of halogens is 2. The summed E-state index contributed by atoms with van der Waals surface area (Å²) >= 11 is 0. The summed E-state index contributed by atoms with van der Waals surface area (Å²) in [6.07, 6.45) is 0.149. The Morgan fingerprint density at radius 2 is 1.86 bits per heavy atom. The Balaban J connectivity index is 1.70. The van der Waals surface area contributed by atoms with Crippen LogP contribution in [0, 0.1) is 11.6 Å². The molecule has 6 nitrogen and oxygen atoms in total. The second-order valence-electron chi connectivity index (χ2n) is 7.01. The SMILES string of the molecule is COC(=O)C(NC(=O)[C@]1(C)CN=C(Cc2cc(F)cc(F)c2)N1)c1ccccc1. The summed E-state index contributed by atoms with van der Waals surface area (Å²) in [7, 11) is 1.25. The highest BCUT2D eigenvalue weighted by atomic mass is 19.1. The van der Waals surface area contributed by atoms with Crippen molar-refractivity contribution in [2.45, 2.75) is 24.9 Å². The largest absolute Gasteiger partial charge is 0.467 e. The Morgan fingerprint density at radius 3 is 2.48 bits per heavy atom. The van der Waals surface area contributed by atoms with Crippen LogP contribution in [0.1, 0.15) is 24.1 Å². The van der Waals surface area contributed by atoms with E-state index < -0.39 is 35.1 Å². The molecule has 2 aromatic rings. The molecule has 0 fully saturated rings. The zero-order valence-corrected chi connectivity index (χ0v) is 16.0. The highest BCUT2D eigenvalue weighted by molar-refractivity contribution is 5.98. The van der Waals surface area contributed by atoms with E-state index in [0.29, 0.717) is 17.0 Å². The Labute approximate surface area is 167 Å². The molecule has 0 spiro atoms. The molecule has 2 atom stereocenters. The van der Waals surface area contributed by atoms with Gasteiger partial charge in [0.25, 0.3) is 0 Å². The molecule has 1 unspecified atom stereocenters. The number of nitrogens with one attached hydrogen (secondary N) is 2. The van der Waals surface area contributed by atoms with Crippen LogP contribution in [0.25, 0.3) is 0 Å². The Morgan fingerprint density at radius 1 is 1.21 bits per heavy atom. The molecule has 8 heteroatoms. The first-order chi connectivity index (χ1) is 13.8. The number of amides is 1. The summed E-state index contributed by atoms with van der Waals surface area (Å²) in [6, 6.07) is 11.0. The van der Waals surface area contributed by atoms with Crippen molar-refractivity contribution in [3.8, 4) is 0 Å². The fraction of sp³-hybridized carbons (Fsp3) is 0.286. The second kappa shape index (κ2) is 8.38. The lowest BCUT2D eigenvalue weighted by Crippen LogP contribution is -2.56. The van der Waals surface area contributed by atoms with E-state index in [1.54, 1.807) is 37.3 Å².